The Bertz CT molecular complexity index is 990. The fraction of sp³-hybridized carbons (Fsp3) is 0.105. The number of amidine groups is 1. The van der Waals surface area contributed by atoms with Gasteiger partial charge in [-0.2, -0.15) is 0 Å². The zero-order valence-corrected chi connectivity index (χ0v) is 15.7. The molecule has 0 bridgehead atoms. The van der Waals surface area contributed by atoms with Gasteiger partial charge in [0.05, 0.1) is 4.91 Å². The Balaban J connectivity index is 1.68. The van der Waals surface area contributed by atoms with E-state index in [0.717, 1.165) is 5.56 Å². The van der Waals surface area contributed by atoms with Crippen molar-refractivity contribution in [2.24, 2.45) is 4.99 Å². The van der Waals surface area contributed by atoms with Gasteiger partial charge in [0, 0.05) is 12.7 Å². The zero-order valence-electron chi connectivity index (χ0n) is 14.1. The molecule has 2 aliphatic heterocycles. The van der Waals surface area contributed by atoms with Crippen molar-refractivity contribution in [3.63, 3.8) is 0 Å². The summed E-state index contributed by atoms with van der Waals surface area (Å²) >= 11 is 7.37. The third-order valence-electron chi connectivity index (χ3n) is 3.85. The molecule has 2 aliphatic rings. The lowest BCUT2D eigenvalue weighted by Crippen LogP contribution is -2.29. The second-order valence-corrected chi connectivity index (χ2v) is 7.00. The van der Waals surface area contributed by atoms with Gasteiger partial charge in [0.2, 0.25) is 6.79 Å². The van der Waals surface area contributed by atoms with Crippen molar-refractivity contribution in [1.82, 2.24) is 9.88 Å². The molecule has 0 unspecified atom stereocenters. The van der Waals surface area contributed by atoms with Crippen LogP contribution in [0.25, 0.3) is 6.08 Å². The highest BCUT2D eigenvalue weighted by atomic mass is 35.5. The van der Waals surface area contributed by atoms with Crippen molar-refractivity contribution < 1.29 is 14.3 Å². The number of carbonyl (C=O) groups is 1. The second-order valence-electron chi connectivity index (χ2n) is 5.64. The summed E-state index contributed by atoms with van der Waals surface area (Å²) in [6.07, 6.45) is 5.05. The first-order chi connectivity index (χ1) is 13.2. The summed E-state index contributed by atoms with van der Waals surface area (Å²) in [7, 11) is 0. The molecule has 4 rings (SSSR count). The Kier molecular flexibility index (Phi) is 4.87. The lowest BCUT2D eigenvalue weighted by Gasteiger charge is -2.12. The molecular formula is C19H14ClN3O3S. The highest BCUT2D eigenvalue weighted by Crippen LogP contribution is 2.37. The molecule has 136 valence electrons. The summed E-state index contributed by atoms with van der Waals surface area (Å²) in [4.78, 5) is 23.5. The summed E-state index contributed by atoms with van der Waals surface area (Å²) in [6, 6.07) is 9.03. The number of amides is 1. The number of thioether (sulfide) groups is 1. The molecule has 0 spiro atoms. The first-order valence-electron chi connectivity index (χ1n) is 8.07. The van der Waals surface area contributed by atoms with E-state index >= 15 is 0 Å². The summed E-state index contributed by atoms with van der Waals surface area (Å²) < 4.78 is 10.7. The van der Waals surface area contributed by atoms with Gasteiger partial charge in [-0.3, -0.25) is 9.69 Å². The van der Waals surface area contributed by atoms with Gasteiger partial charge in [0.15, 0.2) is 21.8 Å². The monoisotopic (exact) mass is 399 g/mol. The largest absolute Gasteiger partial charge is 0.454 e. The van der Waals surface area contributed by atoms with Crippen LogP contribution in [0.2, 0.25) is 5.15 Å². The molecule has 8 heteroatoms. The van der Waals surface area contributed by atoms with E-state index in [9.17, 15) is 4.79 Å². The molecule has 0 N–H and O–H groups in total. The second kappa shape index (κ2) is 7.46. The Morgan fingerprint density at radius 1 is 1.33 bits per heavy atom. The molecule has 1 aromatic carbocycles. The number of fused-ring (bicyclic) bond motifs is 1. The van der Waals surface area contributed by atoms with Gasteiger partial charge in [-0.15, -0.1) is 6.58 Å². The maximum atomic E-state index is 12.8. The van der Waals surface area contributed by atoms with E-state index in [4.69, 9.17) is 21.1 Å². The summed E-state index contributed by atoms with van der Waals surface area (Å²) in [5.74, 6) is 1.22. The van der Waals surface area contributed by atoms with E-state index in [0.29, 0.717) is 33.8 Å². The van der Waals surface area contributed by atoms with Gasteiger partial charge >= 0.3 is 0 Å². The predicted molar refractivity (Wildman–Crippen MR) is 106 cm³/mol. The Morgan fingerprint density at radius 3 is 3.00 bits per heavy atom. The van der Waals surface area contributed by atoms with Gasteiger partial charge < -0.3 is 9.47 Å². The molecule has 1 fully saturated rings. The minimum absolute atomic E-state index is 0.142. The van der Waals surface area contributed by atoms with E-state index in [-0.39, 0.29) is 17.9 Å². The fourth-order valence-corrected chi connectivity index (χ4v) is 3.76. The average Bonchev–Trinajstić information content (AvgIpc) is 3.24. The molecule has 1 saturated heterocycles. The van der Waals surface area contributed by atoms with Crippen LogP contribution in [0.3, 0.4) is 0 Å². The van der Waals surface area contributed by atoms with Gasteiger partial charge in [-0.1, -0.05) is 23.7 Å². The maximum absolute atomic E-state index is 12.8. The van der Waals surface area contributed by atoms with Gasteiger partial charge in [-0.25, -0.2) is 9.98 Å². The van der Waals surface area contributed by atoms with Gasteiger partial charge in [0.1, 0.15) is 5.69 Å². The van der Waals surface area contributed by atoms with Crippen LogP contribution in [-0.4, -0.2) is 34.3 Å². The number of halogens is 1. The van der Waals surface area contributed by atoms with Gasteiger partial charge in [0.25, 0.3) is 5.91 Å². The van der Waals surface area contributed by atoms with Crippen LogP contribution in [0.5, 0.6) is 11.5 Å². The molecule has 0 radical (unpaired) electrons. The molecule has 0 saturated carbocycles. The van der Waals surface area contributed by atoms with E-state index < -0.39 is 0 Å². The molecule has 1 amide bonds. The standard InChI is InChI=1S/C19H14ClN3O3S/c1-2-8-23-18(24)16(10-12-5-6-14-15(9-12)26-11-25-14)27-19(23)22-13-4-3-7-21-17(13)20/h2-7,9-10H,1,8,11H2/b16-10-,22-19?. The van der Waals surface area contributed by atoms with Crippen LogP contribution in [0.4, 0.5) is 5.69 Å². The van der Waals surface area contributed by atoms with Crippen LogP contribution < -0.4 is 9.47 Å². The van der Waals surface area contributed by atoms with Crippen LogP contribution in [0, 0.1) is 0 Å². The molecule has 0 atom stereocenters. The predicted octanol–water partition coefficient (Wildman–Crippen LogP) is 4.25. The molecule has 6 nitrogen and oxygen atoms in total. The first kappa shape index (κ1) is 17.6. The molecule has 0 aliphatic carbocycles. The number of hydrogen-bond acceptors (Lipinski definition) is 6. The lowest BCUT2D eigenvalue weighted by molar-refractivity contribution is -0.121. The van der Waals surface area contributed by atoms with Crippen LogP contribution in [0.1, 0.15) is 5.56 Å². The quantitative estimate of drug-likeness (QED) is 0.437. The zero-order chi connectivity index (χ0) is 18.8. The summed E-state index contributed by atoms with van der Waals surface area (Å²) in [5, 5.41) is 0.812. The molecule has 27 heavy (non-hydrogen) atoms. The number of carbonyl (C=O) groups excluding carboxylic acids is 1. The van der Waals surface area contributed by atoms with Crippen LogP contribution in [-0.2, 0) is 4.79 Å². The third kappa shape index (κ3) is 3.56. The Morgan fingerprint density at radius 2 is 2.19 bits per heavy atom. The number of rotatable bonds is 4. The molecular weight excluding hydrogens is 386 g/mol. The third-order valence-corrected chi connectivity index (χ3v) is 5.15. The smallest absolute Gasteiger partial charge is 0.267 e. The van der Waals surface area contributed by atoms with E-state index in [1.54, 1.807) is 35.4 Å². The number of ether oxygens (including phenoxy) is 2. The van der Waals surface area contributed by atoms with Crippen molar-refractivity contribution in [2.45, 2.75) is 0 Å². The van der Waals surface area contributed by atoms with Crippen molar-refractivity contribution in [2.75, 3.05) is 13.3 Å². The number of nitrogens with zero attached hydrogens (tertiary/aromatic N) is 3. The highest BCUT2D eigenvalue weighted by molar-refractivity contribution is 8.18. The Labute approximate surface area is 165 Å². The Hall–Kier alpha value is -2.77. The van der Waals surface area contributed by atoms with E-state index in [1.165, 1.54) is 11.8 Å². The van der Waals surface area contributed by atoms with Crippen LogP contribution >= 0.6 is 23.4 Å². The van der Waals surface area contributed by atoms with Crippen molar-refractivity contribution in [3.8, 4) is 11.5 Å². The summed E-state index contributed by atoms with van der Waals surface area (Å²) in [6.45, 7) is 4.27. The van der Waals surface area contributed by atoms with E-state index in [1.807, 2.05) is 18.2 Å². The highest BCUT2D eigenvalue weighted by Gasteiger charge is 2.33. The number of aromatic nitrogens is 1. The number of benzene rings is 1. The van der Waals surface area contributed by atoms with Crippen molar-refractivity contribution >= 4 is 46.2 Å². The normalized spacial score (nSPS) is 18.6. The molecule has 2 aromatic rings. The first-order valence-corrected chi connectivity index (χ1v) is 9.26. The lowest BCUT2D eigenvalue weighted by atomic mass is 10.2. The SMILES string of the molecule is C=CCN1C(=O)/C(=C/c2ccc3c(c2)OCO3)SC1=Nc1cccnc1Cl. The van der Waals surface area contributed by atoms with Crippen molar-refractivity contribution in [1.29, 1.82) is 0 Å². The minimum atomic E-state index is -0.142. The number of hydrogen-bond donors (Lipinski definition) is 0. The average molecular weight is 400 g/mol. The van der Waals surface area contributed by atoms with Gasteiger partial charge in [-0.05, 0) is 47.7 Å². The summed E-state index contributed by atoms with van der Waals surface area (Å²) in [5.41, 5.74) is 1.35. The molecule has 1 aromatic heterocycles. The fourth-order valence-electron chi connectivity index (χ4n) is 2.60. The molecule has 3 heterocycles. The van der Waals surface area contributed by atoms with Crippen LogP contribution in [0.15, 0.2) is 59.1 Å². The number of aliphatic imine (C=N–C) groups is 1. The maximum Gasteiger partial charge on any atom is 0.267 e. The van der Waals surface area contributed by atoms with E-state index in [2.05, 4.69) is 16.6 Å². The number of pyridine rings is 1. The topological polar surface area (TPSA) is 64.0 Å². The van der Waals surface area contributed by atoms with Crippen molar-refractivity contribution in [3.05, 3.63) is 64.8 Å². The minimum Gasteiger partial charge on any atom is -0.454 e.